The Kier molecular flexibility index (Phi) is 5.73. The standard InChI is InChI=1S/C14H19F2NO2/c1-4-5-6-9(2)17-11-8-7-10(14(18)19-3)12(15)13(11)16/h7-9,17H,4-6H2,1-3H3. The molecule has 1 aromatic carbocycles. The number of anilines is 1. The minimum absolute atomic E-state index is 0.0397. The van der Waals surface area contributed by atoms with E-state index in [1.54, 1.807) is 0 Å². The first-order valence-electron chi connectivity index (χ1n) is 6.34. The second-order valence-electron chi connectivity index (χ2n) is 4.47. The zero-order valence-electron chi connectivity index (χ0n) is 11.4. The highest BCUT2D eigenvalue weighted by Gasteiger charge is 2.19. The van der Waals surface area contributed by atoms with E-state index in [0.29, 0.717) is 0 Å². The van der Waals surface area contributed by atoms with Crippen LogP contribution in [-0.2, 0) is 4.74 Å². The van der Waals surface area contributed by atoms with Crippen LogP contribution in [0.2, 0.25) is 0 Å². The number of hydrogen-bond donors (Lipinski definition) is 1. The fraction of sp³-hybridized carbons (Fsp3) is 0.500. The molecule has 3 nitrogen and oxygen atoms in total. The Bertz CT molecular complexity index is 449. The molecular weight excluding hydrogens is 252 g/mol. The number of rotatable bonds is 6. The normalized spacial score (nSPS) is 12.1. The summed E-state index contributed by atoms with van der Waals surface area (Å²) in [6.07, 6.45) is 2.93. The molecule has 0 aromatic heterocycles. The van der Waals surface area contributed by atoms with Gasteiger partial charge in [0.05, 0.1) is 18.4 Å². The van der Waals surface area contributed by atoms with E-state index in [1.807, 2.05) is 6.92 Å². The van der Waals surface area contributed by atoms with Crippen molar-refractivity contribution in [1.29, 1.82) is 0 Å². The maximum absolute atomic E-state index is 13.8. The van der Waals surface area contributed by atoms with Gasteiger partial charge in [0.2, 0.25) is 0 Å². The maximum Gasteiger partial charge on any atom is 0.340 e. The van der Waals surface area contributed by atoms with E-state index in [4.69, 9.17) is 0 Å². The first kappa shape index (κ1) is 15.4. The van der Waals surface area contributed by atoms with Crippen LogP contribution >= 0.6 is 0 Å². The zero-order chi connectivity index (χ0) is 14.4. The van der Waals surface area contributed by atoms with Crippen LogP contribution in [0.4, 0.5) is 14.5 Å². The molecule has 1 atom stereocenters. The van der Waals surface area contributed by atoms with Crippen LogP contribution in [-0.4, -0.2) is 19.1 Å². The lowest BCUT2D eigenvalue weighted by Crippen LogP contribution is -2.17. The molecule has 0 heterocycles. The van der Waals surface area contributed by atoms with Crippen LogP contribution in [0, 0.1) is 11.6 Å². The highest BCUT2D eigenvalue weighted by Crippen LogP contribution is 2.22. The van der Waals surface area contributed by atoms with Crippen LogP contribution < -0.4 is 5.32 Å². The lowest BCUT2D eigenvalue weighted by atomic mass is 10.1. The molecule has 1 N–H and O–H groups in total. The summed E-state index contributed by atoms with van der Waals surface area (Å²) in [7, 11) is 1.12. The van der Waals surface area contributed by atoms with Gasteiger partial charge in [-0.05, 0) is 25.5 Å². The Morgan fingerprint density at radius 1 is 1.37 bits per heavy atom. The van der Waals surface area contributed by atoms with Gasteiger partial charge in [-0.2, -0.15) is 0 Å². The quantitative estimate of drug-likeness (QED) is 0.801. The SMILES string of the molecule is CCCCC(C)Nc1ccc(C(=O)OC)c(F)c1F. The molecule has 0 spiro atoms. The number of nitrogens with one attached hydrogen (secondary N) is 1. The van der Waals surface area contributed by atoms with Gasteiger partial charge < -0.3 is 10.1 Å². The predicted molar refractivity (Wildman–Crippen MR) is 70.3 cm³/mol. The van der Waals surface area contributed by atoms with Crippen molar-refractivity contribution in [3.8, 4) is 0 Å². The number of ether oxygens (including phenoxy) is 1. The molecule has 106 valence electrons. The fourth-order valence-electron chi connectivity index (χ4n) is 1.78. The summed E-state index contributed by atoms with van der Waals surface area (Å²) in [5.74, 6) is -3.12. The summed E-state index contributed by atoms with van der Waals surface area (Å²) in [6.45, 7) is 3.97. The van der Waals surface area contributed by atoms with Gasteiger partial charge in [0.1, 0.15) is 0 Å². The fourth-order valence-corrected chi connectivity index (χ4v) is 1.78. The summed E-state index contributed by atoms with van der Waals surface area (Å²) in [6, 6.07) is 2.62. The van der Waals surface area contributed by atoms with Gasteiger partial charge in [0.15, 0.2) is 11.6 Å². The van der Waals surface area contributed by atoms with Crippen molar-refractivity contribution in [2.45, 2.75) is 39.2 Å². The number of unbranched alkanes of at least 4 members (excludes halogenated alkanes) is 1. The van der Waals surface area contributed by atoms with Gasteiger partial charge in [-0.15, -0.1) is 0 Å². The number of esters is 1. The van der Waals surface area contributed by atoms with Gasteiger partial charge in [-0.3, -0.25) is 0 Å². The number of methoxy groups -OCH3 is 1. The Hall–Kier alpha value is -1.65. The van der Waals surface area contributed by atoms with E-state index in [2.05, 4.69) is 17.0 Å². The van der Waals surface area contributed by atoms with Crippen LogP contribution in [0.3, 0.4) is 0 Å². The molecule has 0 saturated heterocycles. The van der Waals surface area contributed by atoms with Gasteiger partial charge in [-0.1, -0.05) is 19.8 Å². The lowest BCUT2D eigenvalue weighted by Gasteiger charge is -2.16. The first-order valence-corrected chi connectivity index (χ1v) is 6.34. The van der Waals surface area contributed by atoms with Crippen LogP contribution in [0.25, 0.3) is 0 Å². The summed E-state index contributed by atoms with van der Waals surface area (Å²) in [5.41, 5.74) is -0.333. The topological polar surface area (TPSA) is 38.3 Å². The summed E-state index contributed by atoms with van der Waals surface area (Å²) < 4.78 is 31.9. The van der Waals surface area contributed by atoms with E-state index < -0.39 is 23.2 Å². The van der Waals surface area contributed by atoms with E-state index in [1.165, 1.54) is 12.1 Å². The molecule has 0 fully saturated rings. The molecule has 1 rings (SSSR count). The molecule has 0 bridgehead atoms. The highest BCUT2D eigenvalue weighted by molar-refractivity contribution is 5.90. The van der Waals surface area contributed by atoms with E-state index >= 15 is 0 Å². The Morgan fingerprint density at radius 2 is 2.05 bits per heavy atom. The number of halogens is 2. The second-order valence-corrected chi connectivity index (χ2v) is 4.47. The van der Waals surface area contributed by atoms with Crippen molar-refractivity contribution in [3.63, 3.8) is 0 Å². The molecule has 1 unspecified atom stereocenters. The second kappa shape index (κ2) is 7.07. The van der Waals surface area contributed by atoms with Gasteiger partial charge in [-0.25, -0.2) is 13.6 Å². The Morgan fingerprint density at radius 3 is 2.63 bits per heavy atom. The average Bonchev–Trinajstić information content (AvgIpc) is 2.41. The highest BCUT2D eigenvalue weighted by atomic mass is 19.2. The third-order valence-corrected chi connectivity index (χ3v) is 2.88. The van der Waals surface area contributed by atoms with Crippen LogP contribution in [0.1, 0.15) is 43.5 Å². The Labute approximate surface area is 112 Å². The summed E-state index contributed by atoms with van der Waals surface area (Å²) in [4.78, 5) is 11.2. The minimum Gasteiger partial charge on any atom is -0.465 e. The van der Waals surface area contributed by atoms with Crippen molar-refractivity contribution >= 4 is 11.7 Å². The van der Waals surface area contributed by atoms with Gasteiger partial charge in [0, 0.05) is 6.04 Å². The molecular formula is C14H19F2NO2. The van der Waals surface area contributed by atoms with E-state index in [9.17, 15) is 13.6 Å². The monoisotopic (exact) mass is 271 g/mol. The summed E-state index contributed by atoms with van der Waals surface area (Å²) in [5, 5.41) is 2.90. The number of carbonyl (C=O) groups is 1. The Balaban J connectivity index is 2.87. The molecule has 0 saturated carbocycles. The maximum atomic E-state index is 13.8. The van der Waals surface area contributed by atoms with Crippen molar-refractivity contribution in [2.75, 3.05) is 12.4 Å². The van der Waals surface area contributed by atoms with Crippen molar-refractivity contribution in [3.05, 3.63) is 29.3 Å². The third-order valence-electron chi connectivity index (χ3n) is 2.88. The molecule has 5 heteroatoms. The van der Waals surface area contributed by atoms with E-state index in [0.717, 1.165) is 26.4 Å². The lowest BCUT2D eigenvalue weighted by molar-refractivity contribution is 0.0594. The number of benzene rings is 1. The summed E-state index contributed by atoms with van der Waals surface area (Å²) >= 11 is 0. The third kappa shape index (κ3) is 3.91. The number of carbonyl (C=O) groups excluding carboxylic acids is 1. The molecule has 0 aliphatic carbocycles. The minimum atomic E-state index is -1.18. The van der Waals surface area contributed by atoms with Crippen molar-refractivity contribution in [1.82, 2.24) is 0 Å². The molecule has 1 aromatic rings. The van der Waals surface area contributed by atoms with Crippen LogP contribution in [0.5, 0.6) is 0 Å². The first-order chi connectivity index (χ1) is 9.01. The van der Waals surface area contributed by atoms with Crippen molar-refractivity contribution in [2.24, 2.45) is 0 Å². The molecule has 0 aliphatic rings. The largest absolute Gasteiger partial charge is 0.465 e. The molecule has 0 radical (unpaired) electrons. The van der Waals surface area contributed by atoms with Crippen LogP contribution in [0.15, 0.2) is 12.1 Å². The predicted octanol–water partition coefficient (Wildman–Crippen LogP) is 3.74. The zero-order valence-corrected chi connectivity index (χ0v) is 11.4. The number of hydrogen-bond acceptors (Lipinski definition) is 3. The molecule has 0 amide bonds. The molecule has 19 heavy (non-hydrogen) atoms. The van der Waals surface area contributed by atoms with E-state index in [-0.39, 0.29) is 11.7 Å². The van der Waals surface area contributed by atoms with Gasteiger partial charge in [0.25, 0.3) is 0 Å². The van der Waals surface area contributed by atoms with Crippen molar-refractivity contribution < 1.29 is 18.3 Å². The molecule has 0 aliphatic heterocycles. The average molecular weight is 271 g/mol. The smallest absolute Gasteiger partial charge is 0.340 e. The van der Waals surface area contributed by atoms with Gasteiger partial charge >= 0.3 is 5.97 Å².